The average molecular weight is 807 g/mol. The second-order valence-corrected chi connectivity index (χ2v) is 12.7. The molecule has 0 aliphatic carbocycles. The van der Waals surface area contributed by atoms with Crippen molar-refractivity contribution >= 4 is 8.41 Å². The highest BCUT2D eigenvalue weighted by Gasteiger charge is 2.23. The molecule has 3 aromatic rings. The predicted molar refractivity (Wildman–Crippen MR) is 292 cm³/mol. The monoisotopic (exact) mass is 807 g/mol. The van der Waals surface area contributed by atoms with Crippen molar-refractivity contribution in [1.29, 1.82) is 0 Å². The van der Waals surface area contributed by atoms with Crippen LogP contribution >= 0.6 is 0 Å². The van der Waals surface area contributed by atoms with Crippen LogP contribution < -0.4 is 0 Å². The summed E-state index contributed by atoms with van der Waals surface area (Å²) in [6, 6.07) is 28.0. The molecule has 0 atom stereocenters. The summed E-state index contributed by atoms with van der Waals surface area (Å²) in [5, 5.41) is 0. The molecule has 0 unspecified atom stereocenters. The predicted octanol–water partition coefficient (Wildman–Crippen LogP) is 22.8. The fraction of sp³-hybridized carbons (Fsp3) is 0.679. The van der Waals surface area contributed by atoms with Gasteiger partial charge in [-0.05, 0) is 44.1 Å². The Kier molecular flexibility index (Phi) is 131. The van der Waals surface area contributed by atoms with Crippen molar-refractivity contribution < 1.29 is 1.43 Å². The van der Waals surface area contributed by atoms with Crippen LogP contribution in [0.4, 0.5) is 0 Å². The minimum Gasteiger partial charge on any atom is -0.0776 e. The maximum absolute atomic E-state index is 2.29. The smallest absolute Gasteiger partial charge is 0 e. The Morgan fingerprint density at radius 1 is 0.281 bits per heavy atom. The molecule has 0 amide bonds. The van der Waals surface area contributed by atoms with Gasteiger partial charge in [0.05, 0.1) is 0 Å². The lowest BCUT2D eigenvalue weighted by Gasteiger charge is -2.27. The molecule has 0 saturated carbocycles. The molecule has 0 spiro atoms. The molecule has 0 N–H and O–H groups in total. The highest BCUT2D eigenvalue weighted by molar-refractivity contribution is 5.80. The van der Waals surface area contributed by atoms with Crippen LogP contribution in [0.5, 0.6) is 0 Å². The molecular formula is C56H122B. The Morgan fingerprint density at radius 3 is 0.579 bits per heavy atom. The first-order valence-corrected chi connectivity index (χ1v) is 22.8. The summed E-state index contributed by atoms with van der Waals surface area (Å²) in [6.07, 6.45) is 0. The summed E-state index contributed by atoms with van der Waals surface area (Å²) in [5.41, 5.74) is 7.71. The van der Waals surface area contributed by atoms with E-state index >= 15 is 0 Å². The fourth-order valence-corrected chi connectivity index (χ4v) is 3.08. The maximum atomic E-state index is 2.29. The molecular weight excluding hydrogens is 683 g/mol. The fourth-order valence-electron chi connectivity index (χ4n) is 3.08. The molecule has 0 aliphatic heterocycles. The van der Waals surface area contributed by atoms with Gasteiger partial charge < -0.3 is 0 Å². The molecule has 349 valence electrons. The standard InChI is InChI=1S/C22H22.2C5H12.11C2H6.2CH4.B.H2/c1-22(2,3)21-19(17-11-6-4-7-12-17)15-10-16-20(21)18-13-8-5-9-14-18;2*1-5(2,3)4;11*1-2;;;;/h4-16H,1-3H3;2*1-4H3;11*1-2H3;2*1H4;;1H/i;;;;;;;;;;;;;;;;;1+1. The zero-order valence-corrected chi connectivity index (χ0v) is 45.1. The summed E-state index contributed by atoms with van der Waals surface area (Å²) >= 11 is 0. The summed E-state index contributed by atoms with van der Waals surface area (Å²) in [7, 11) is 0. The lowest BCUT2D eigenvalue weighted by molar-refractivity contribution is 0.469. The molecule has 3 radical (unpaired) electrons. The van der Waals surface area contributed by atoms with Gasteiger partial charge in [0, 0.05) is 9.84 Å². The first-order valence-electron chi connectivity index (χ1n) is 22.8. The van der Waals surface area contributed by atoms with Crippen LogP contribution in [0.15, 0.2) is 78.9 Å². The Bertz CT molecular complexity index is 845. The van der Waals surface area contributed by atoms with Crippen LogP contribution in [0.2, 0.25) is 0 Å². The van der Waals surface area contributed by atoms with E-state index in [0.717, 1.165) is 0 Å². The Morgan fingerprint density at radius 2 is 0.439 bits per heavy atom. The highest BCUT2D eigenvalue weighted by Crippen LogP contribution is 2.40. The van der Waals surface area contributed by atoms with E-state index in [0.29, 0.717) is 10.8 Å². The number of benzene rings is 3. The van der Waals surface area contributed by atoms with Gasteiger partial charge >= 0.3 is 0 Å². The first kappa shape index (κ1) is 95.2. The quantitative estimate of drug-likeness (QED) is 0.226. The lowest BCUT2D eigenvalue weighted by Crippen LogP contribution is -2.14. The second kappa shape index (κ2) is 78.1. The Balaban J connectivity index is -0.0000000335. The van der Waals surface area contributed by atoms with Crippen LogP contribution in [-0.4, -0.2) is 8.41 Å². The van der Waals surface area contributed by atoms with Crippen LogP contribution in [0.3, 0.4) is 0 Å². The van der Waals surface area contributed by atoms with Crippen molar-refractivity contribution in [1.82, 2.24) is 0 Å². The van der Waals surface area contributed by atoms with E-state index in [1.165, 1.54) is 27.8 Å². The van der Waals surface area contributed by atoms with Gasteiger partial charge in [0.15, 0.2) is 0 Å². The summed E-state index contributed by atoms with van der Waals surface area (Å²) in [6.45, 7) is 68.4. The van der Waals surface area contributed by atoms with E-state index in [2.05, 4.69) is 155 Å². The number of rotatable bonds is 2. The minimum atomic E-state index is 0. The van der Waals surface area contributed by atoms with E-state index in [9.17, 15) is 0 Å². The minimum absolute atomic E-state index is 0. The van der Waals surface area contributed by atoms with Crippen molar-refractivity contribution in [3.8, 4) is 22.3 Å². The normalized spacial score (nSPS) is 7.67. The number of hydrogen-bond acceptors (Lipinski definition) is 0. The highest BCUT2D eigenvalue weighted by atomic mass is 14.3. The third-order valence-electron chi connectivity index (χ3n) is 3.98. The molecule has 3 rings (SSSR count). The van der Waals surface area contributed by atoms with Crippen LogP contribution in [0, 0.1) is 10.8 Å². The zero-order valence-electron chi connectivity index (χ0n) is 45.1. The third kappa shape index (κ3) is 82.6. The van der Waals surface area contributed by atoms with Crippen LogP contribution in [0.1, 0.15) is 250 Å². The van der Waals surface area contributed by atoms with Gasteiger partial charge in [-0.1, -0.05) is 322 Å². The van der Waals surface area contributed by atoms with E-state index in [4.69, 9.17) is 0 Å². The first-order chi connectivity index (χ1) is 25.6. The largest absolute Gasteiger partial charge is 0.0776 e. The van der Waals surface area contributed by atoms with Gasteiger partial charge in [-0.3, -0.25) is 0 Å². The molecule has 0 nitrogen and oxygen atoms in total. The van der Waals surface area contributed by atoms with Crippen molar-refractivity contribution in [2.45, 2.75) is 249 Å². The Labute approximate surface area is 374 Å². The molecule has 0 aromatic heterocycles. The lowest BCUT2D eigenvalue weighted by atomic mass is 9.77. The van der Waals surface area contributed by atoms with Crippen LogP contribution in [0.25, 0.3) is 22.3 Å². The van der Waals surface area contributed by atoms with Gasteiger partial charge in [0.2, 0.25) is 0 Å². The molecule has 0 bridgehead atoms. The van der Waals surface area contributed by atoms with Gasteiger partial charge in [-0.25, -0.2) is 0 Å². The van der Waals surface area contributed by atoms with E-state index in [-0.39, 0.29) is 30.1 Å². The van der Waals surface area contributed by atoms with Gasteiger partial charge in [-0.2, -0.15) is 0 Å². The summed E-state index contributed by atoms with van der Waals surface area (Å²) in [4.78, 5) is 0. The third-order valence-corrected chi connectivity index (χ3v) is 3.98. The van der Waals surface area contributed by atoms with Gasteiger partial charge in [0.25, 0.3) is 0 Å². The molecule has 3 aromatic carbocycles. The second-order valence-electron chi connectivity index (χ2n) is 12.7. The van der Waals surface area contributed by atoms with E-state index < -0.39 is 0 Å². The Hall–Kier alpha value is -2.28. The summed E-state index contributed by atoms with van der Waals surface area (Å²) < 4.78 is 0. The zero-order chi connectivity index (χ0) is 46.6. The van der Waals surface area contributed by atoms with Crippen molar-refractivity contribution in [3.05, 3.63) is 84.4 Å². The van der Waals surface area contributed by atoms with Gasteiger partial charge in [0.1, 0.15) is 0 Å². The average Bonchev–Trinajstić information content (AvgIpc) is 3.22. The molecule has 0 heterocycles. The van der Waals surface area contributed by atoms with E-state index in [1.807, 2.05) is 152 Å². The number of hydrogen-bond donors (Lipinski definition) is 0. The van der Waals surface area contributed by atoms with Crippen molar-refractivity contribution in [3.63, 3.8) is 0 Å². The van der Waals surface area contributed by atoms with Gasteiger partial charge in [-0.15, -0.1) is 0 Å². The van der Waals surface area contributed by atoms with Crippen LogP contribution in [-0.2, 0) is 5.41 Å². The SMILES string of the molecule is C.C.CC.CC.CC.CC.CC.CC.CC.CC.CC.CC.CC.CC(C)(C)C.CC(C)(C)C.CC(C)(C)c1c(-c2ccccc2)cccc1-c1ccccc1.[2HH].[B]. The van der Waals surface area contributed by atoms with Crippen molar-refractivity contribution in [2.24, 2.45) is 10.8 Å². The van der Waals surface area contributed by atoms with E-state index in [1.54, 1.807) is 0 Å². The molecule has 0 fully saturated rings. The molecule has 0 aliphatic rings. The molecule has 1 heteroatoms. The van der Waals surface area contributed by atoms with Crippen molar-refractivity contribution in [2.75, 3.05) is 0 Å². The molecule has 57 heavy (non-hydrogen) atoms. The topological polar surface area (TPSA) is 0 Å². The molecule has 0 saturated heterocycles. The maximum Gasteiger partial charge on any atom is 0 e. The summed E-state index contributed by atoms with van der Waals surface area (Å²) in [5.74, 6) is 0.